The van der Waals surface area contributed by atoms with Crippen LogP contribution in [0, 0.1) is 28.6 Å². The average molecular weight is 394 g/mol. The lowest BCUT2D eigenvalue weighted by molar-refractivity contribution is -0.145. The Balaban J connectivity index is 2.29. The number of hydrogen-bond acceptors (Lipinski definition) is 4. The summed E-state index contributed by atoms with van der Waals surface area (Å²) in [5.41, 5.74) is -0.506. The fourth-order valence-corrected chi connectivity index (χ4v) is 4.44. The number of likely N-dealkylation sites (tertiary alicyclic amines) is 1. The van der Waals surface area contributed by atoms with Crippen molar-refractivity contribution in [2.24, 2.45) is 28.6 Å². The molecule has 1 aliphatic heterocycles. The Kier molecular flexibility index (Phi) is 5.98. The van der Waals surface area contributed by atoms with Crippen LogP contribution in [0.3, 0.4) is 0 Å². The van der Waals surface area contributed by atoms with Crippen LogP contribution in [0.15, 0.2) is 0 Å². The molecule has 28 heavy (non-hydrogen) atoms. The maximum absolute atomic E-state index is 13.4. The SMILES string of the molecule is CC(=O)N[C@H](C(=O)N1C[C@H]2[C@@H](C1C(=O)N[C@H](C=O)C(C)C)C2(C)C)C(C)(C)C. The van der Waals surface area contributed by atoms with Gasteiger partial charge in [0.25, 0.3) is 0 Å². The highest BCUT2D eigenvalue weighted by molar-refractivity contribution is 5.94. The van der Waals surface area contributed by atoms with Crippen LogP contribution in [-0.2, 0) is 19.2 Å². The van der Waals surface area contributed by atoms with Gasteiger partial charge in [-0.25, -0.2) is 0 Å². The Morgan fingerprint density at radius 2 is 1.71 bits per heavy atom. The highest BCUT2D eigenvalue weighted by Gasteiger charge is 2.69. The lowest BCUT2D eigenvalue weighted by Gasteiger charge is -2.37. The first-order chi connectivity index (χ1) is 12.7. The van der Waals surface area contributed by atoms with Gasteiger partial charge in [0.05, 0.1) is 6.04 Å². The number of fused-ring (bicyclic) bond motifs is 1. The molecule has 0 spiro atoms. The number of carbonyl (C=O) groups is 4. The average Bonchev–Trinajstić information content (AvgIpc) is 2.93. The largest absolute Gasteiger partial charge is 0.345 e. The molecule has 2 fully saturated rings. The van der Waals surface area contributed by atoms with Crippen molar-refractivity contribution < 1.29 is 19.2 Å². The molecule has 7 heteroatoms. The molecule has 0 radical (unpaired) electrons. The van der Waals surface area contributed by atoms with Crippen LogP contribution in [0.5, 0.6) is 0 Å². The Morgan fingerprint density at radius 1 is 1.14 bits per heavy atom. The van der Waals surface area contributed by atoms with E-state index < -0.39 is 23.5 Å². The van der Waals surface area contributed by atoms with Crippen LogP contribution in [0.4, 0.5) is 0 Å². The molecule has 1 unspecified atom stereocenters. The molecular weight excluding hydrogens is 358 g/mol. The molecule has 158 valence electrons. The van der Waals surface area contributed by atoms with Crippen molar-refractivity contribution in [1.29, 1.82) is 0 Å². The number of amides is 3. The second-order valence-corrected chi connectivity index (χ2v) is 10.3. The van der Waals surface area contributed by atoms with Crippen LogP contribution in [0.1, 0.15) is 55.4 Å². The topological polar surface area (TPSA) is 95.6 Å². The zero-order chi connectivity index (χ0) is 21.6. The van der Waals surface area contributed by atoms with Crippen LogP contribution >= 0.6 is 0 Å². The molecule has 1 saturated heterocycles. The normalized spacial score (nSPS) is 27.6. The van der Waals surface area contributed by atoms with Crippen LogP contribution in [-0.4, -0.2) is 53.6 Å². The van der Waals surface area contributed by atoms with E-state index in [1.165, 1.54) is 6.92 Å². The quantitative estimate of drug-likeness (QED) is 0.666. The zero-order valence-corrected chi connectivity index (χ0v) is 18.3. The smallest absolute Gasteiger partial charge is 0.246 e. The molecule has 3 amide bonds. The van der Waals surface area contributed by atoms with Crippen LogP contribution < -0.4 is 10.6 Å². The predicted molar refractivity (Wildman–Crippen MR) is 106 cm³/mol. The van der Waals surface area contributed by atoms with Crippen molar-refractivity contribution in [3.63, 3.8) is 0 Å². The van der Waals surface area contributed by atoms with Gasteiger partial charge >= 0.3 is 0 Å². The molecule has 5 atom stereocenters. The van der Waals surface area contributed by atoms with Crippen LogP contribution in [0.2, 0.25) is 0 Å². The van der Waals surface area contributed by atoms with Gasteiger partial charge in [-0.2, -0.15) is 0 Å². The zero-order valence-electron chi connectivity index (χ0n) is 18.3. The number of nitrogens with zero attached hydrogens (tertiary/aromatic N) is 1. The van der Waals surface area contributed by atoms with Gasteiger partial charge in [0.1, 0.15) is 18.4 Å². The maximum Gasteiger partial charge on any atom is 0.246 e. The molecule has 1 heterocycles. The third kappa shape index (κ3) is 4.08. The Bertz CT molecular complexity index is 665. The third-order valence-corrected chi connectivity index (χ3v) is 6.39. The van der Waals surface area contributed by atoms with E-state index in [0.717, 1.165) is 6.29 Å². The standard InChI is InChI=1S/C21H35N3O4/c1-11(2)14(10-25)23-18(27)16-15-13(21(15,7)8)9-24(16)19(28)17(20(4,5)6)22-12(3)26/h10-11,13-17H,9H2,1-8H3,(H,22,26)(H,23,27)/t13-,14+,15-,16?,17+/m0/s1. The molecule has 0 aromatic heterocycles. The van der Waals surface area contributed by atoms with E-state index in [-0.39, 0.29) is 40.9 Å². The lowest BCUT2D eigenvalue weighted by atomic mass is 9.85. The molecule has 2 N–H and O–H groups in total. The summed E-state index contributed by atoms with van der Waals surface area (Å²) in [6.07, 6.45) is 0.745. The highest BCUT2D eigenvalue weighted by atomic mass is 16.2. The number of nitrogens with one attached hydrogen (secondary N) is 2. The number of aldehydes is 1. The van der Waals surface area contributed by atoms with E-state index >= 15 is 0 Å². The maximum atomic E-state index is 13.4. The molecule has 7 nitrogen and oxygen atoms in total. The summed E-state index contributed by atoms with van der Waals surface area (Å²) in [6.45, 7) is 15.5. The van der Waals surface area contributed by atoms with Crippen molar-refractivity contribution in [2.75, 3.05) is 6.54 Å². The molecule has 1 aliphatic carbocycles. The minimum Gasteiger partial charge on any atom is -0.345 e. The fraction of sp³-hybridized carbons (Fsp3) is 0.810. The minimum absolute atomic E-state index is 0.0154. The summed E-state index contributed by atoms with van der Waals surface area (Å²) < 4.78 is 0. The van der Waals surface area contributed by atoms with Crippen LogP contribution in [0.25, 0.3) is 0 Å². The van der Waals surface area contributed by atoms with E-state index in [2.05, 4.69) is 24.5 Å². The molecule has 0 bridgehead atoms. The van der Waals surface area contributed by atoms with E-state index in [4.69, 9.17) is 0 Å². The van der Waals surface area contributed by atoms with E-state index in [9.17, 15) is 19.2 Å². The highest BCUT2D eigenvalue weighted by Crippen LogP contribution is 2.65. The minimum atomic E-state index is -0.715. The fourth-order valence-electron chi connectivity index (χ4n) is 4.44. The van der Waals surface area contributed by atoms with Crippen molar-refractivity contribution >= 4 is 24.0 Å². The Labute approximate surface area is 168 Å². The summed E-state index contributed by atoms with van der Waals surface area (Å²) in [5, 5.41) is 5.58. The molecule has 0 aromatic rings. The molecular formula is C21H35N3O4. The molecule has 2 rings (SSSR count). The second kappa shape index (κ2) is 7.48. The first-order valence-electron chi connectivity index (χ1n) is 10.1. The first-order valence-corrected chi connectivity index (χ1v) is 10.1. The monoisotopic (exact) mass is 393 g/mol. The summed E-state index contributed by atoms with van der Waals surface area (Å²) in [4.78, 5) is 51.1. The molecule has 2 aliphatic rings. The van der Waals surface area contributed by atoms with Crippen molar-refractivity contribution in [1.82, 2.24) is 15.5 Å². The number of hydrogen-bond donors (Lipinski definition) is 2. The van der Waals surface area contributed by atoms with Gasteiger partial charge in [-0.05, 0) is 28.6 Å². The number of piperidine rings is 1. The van der Waals surface area contributed by atoms with Crippen molar-refractivity contribution in [3.05, 3.63) is 0 Å². The molecule has 1 saturated carbocycles. The number of rotatable bonds is 6. The number of carbonyl (C=O) groups excluding carboxylic acids is 4. The van der Waals surface area contributed by atoms with Crippen molar-refractivity contribution in [2.45, 2.75) is 73.5 Å². The van der Waals surface area contributed by atoms with Gasteiger partial charge in [0.2, 0.25) is 17.7 Å². The van der Waals surface area contributed by atoms with E-state index in [1.54, 1.807) is 4.90 Å². The predicted octanol–water partition coefficient (Wildman–Crippen LogP) is 1.36. The Hall–Kier alpha value is -1.92. The van der Waals surface area contributed by atoms with Crippen molar-refractivity contribution in [3.8, 4) is 0 Å². The second-order valence-electron chi connectivity index (χ2n) is 10.3. The summed E-state index contributed by atoms with van der Waals surface area (Å²) in [6, 6.07) is -1.92. The van der Waals surface area contributed by atoms with Gasteiger partial charge in [-0.3, -0.25) is 14.4 Å². The van der Waals surface area contributed by atoms with Gasteiger partial charge in [-0.1, -0.05) is 48.5 Å². The van der Waals surface area contributed by atoms with Gasteiger partial charge in [-0.15, -0.1) is 0 Å². The van der Waals surface area contributed by atoms with Gasteiger partial charge < -0.3 is 20.3 Å². The summed E-state index contributed by atoms with van der Waals surface area (Å²) >= 11 is 0. The lowest BCUT2D eigenvalue weighted by Crippen LogP contribution is -2.60. The first kappa shape index (κ1) is 22.4. The summed E-state index contributed by atoms with van der Waals surface area (Å²) in [7, 11) is 0. The molecule has 0 aromatic carbocycles. The van der Waals surface area contributed by atoms with Gasteiger partial charge in [0.15, 0.2) is 0 Å². The Morgan fingerprint density at radius 3 is 2.14 bits per heavy atom. The van der Waals surface area contributed by atoms with E-state index in [0.29, 0.717) is 6.54 Å². The van der Waals surface area contributed by atoms with Gasteiger partial charge in [0, 0.05) is 13.5 Å². The van der Waals surface area contributed by atoms with E-state index in [1.807, 2.05) is 34.6 Å². The third-order valence-electron chi connectivity index (χ3n) is 6.39. The summed E-state index contributed by atoms with van der Waals surface area (Å²) in [5.74, 6) is -0.519.